The number of aromatic nitrogens is 1. The number of carbonyl (C=O) groups excluding carboxylic acids is 1. The molecule has 104 valence electrons. The molecule has 0 radical (unpaired) electrons. The van der Waals surface area contributed by atoms with E-state index < -0.39 is 0 Å². The van der Waals surface area contributed by atoms with Gasteiger partial charge in [0.05, 0.1) is 28.9 Å². The Hall–Kier alpha value is -1.72. The van der Waals surface area contributed by atoms with Crippen LogP contribution in [0.15, 0.2) is 29.6 Å². The number of nitrogens with one attached hydrogen (secondary N) is 1. The van der Waals surface area contributed by atoms with Gasteiger partial charge >= 0.3 is 0 Å². The SMILES string of the molecule is Cc1nc(-c2ccccc2NC(=O)[C@@H]2CCOC2)cs1. The van der Waals surface area contributed by atoms with Crippen molar-refractivity contribution >= 4 is 22.9 Å². The number of para-hydroxylation sites is 1. The molecule has 0 saturated carbocycles. The molecule has 1 fully saturated rings. The van der Waals surface area contributed by atoms with Crippen molar-refractivity contribution in [3.8, 4) is 11.3 Å². The van der Waals surface area contributed by atoms with Crippen LogP contribution in [0.4, 0.5) is 5.69 Å². The molecule has 1 aliphatic heterocycles. The van der Waals surface area contributed by atoms with Gasteiger partial charge in [0, 0.05) is 17.6 Å². The number of anilines is 1. The zero-order valence-electron chi connectivity index (χ0n) is 11.3. The zero-order chi connectivity index (χ0) is 13.9. The Morgan fingerprint density at radius 2 is 2.30 bits per heavy atom. The molecule has 1 saturated heterocycles. The molecule has 5 heteroatoms. The monoisotopic (exact) mass is 288 g/mol. The van der Waals surface area contributed by atoms with Gasteiger partial charge in [-0.3, -0.25) is 4.79 Å². The Bertz CT molecular complexity index is 618. The van der Waals surface area contributed by atoms with Crippen molar-refractivity contribution in [3.05, 3.63) is 34.7 Å². The van der Waals surface area contributed by atoms with E-state index in [9.17, 15) is 4.79 Å². The third-order valence-electron chi connectivity index (χ3n) is 3.38. The largest absolute Gasteiger partial charge is 0.381 e. The van der Waals surface area contributed by atoms with Gasteiger partial charge in [0.15, 0.2) is 0 Å². The molecule has 1 aromatic heterocycles. The van der Waals surface area contributed by atoms with E-state index in [4.69, 9.17) is 4.74 Å². The molecule has 0 unspecified atom stereocenters. The van der Waals surface area contributed by atoms with Crippen LogP contribution in [0.25, 0.3) is 11.3 Å². The van der Waals surface area contributed by atoms with Gasteiger partial charge in [0.2, 0.25) is 5.91 Å². The van der Waals surface area contributed by atoms with E-state index in [-0.39, 0.29) is 11.8 Å². The lowest BCUT2D eigenvalue weighted by molar-refractivity contribution is -0.119. The Kier molecular flexibility index (Phi) is 3.80. The summed E-state index contributed by atoms with van der Waals surface area (Å²) in [5.41, 5.74) is 2.69. The van der Waals surface area contributed by atoms with Crippen LogP contribution in [-0.4, -0.2) is 24.1 Å². The predicted octanol–water partition coefficient (Wildman–Crippen LogP) is 3.09. The molecule has 3 rings (SSSR count). The summed E-state index contributed by atoms with van der Waals surface area (Å²) in [6.07, 6.45) is 0.795. The van der Waals surface area contributed by atoms with Gasteiger partial charge in [-0.2, -0.15) is 0 Å². The van der Waals surface area contributed by atoms with Gasteiger partial charge < -0.3 is 10.1 Å². The van der Waals surface area contributed by atoms with Crippen LogP contribution in [0.5, 0.6) is 0 Å². The highest BCUT2D eigenvalue weighted by Crippen LogP contribution is 2.29. The molecule has 0 spiro atoms. The fourth-order valence-electron chi connectivity index (χ4n) is 2.28. The van der Waals surface area contributed by atoms with Crippen LogP contribution < -0.4 is 5.32 Å². The first-order chi connectivity index (χ1) is 9.74. The molecule has 2 aromatic rings. The molecule has 1 atom stereocenters. The maximum absolute atomic E-state index is 12.2. The standard InChI is InChI=1S/C15H16N2O2S/c1-10-16-14(9-20-10)12-4-2-3-5-13(12)17-15(18)11-6-7-19-8-11/h2-5,9,11H,6-8H2,1H3,(H,17,18)/t11-/m1/s1. The number of thiazole rings is 1. The van der Waals surface area contributed by atoms with Crippen molar-refractivity contribution in [1.29, 1.82) is 0 Å². The first-order valence-electron chi connectivity index (χ1n) is 6.64. The molecular weight excluding hydrogens is 272 g/mol. The quantitative estimate of drug-likeness (QED) is 0.944. The number of rotatable bonds is 3. The van der Waals surface area contributed by atoms with Gasteiger partial charge in [0.25, 0.3) is 0 Å². The van der Waals surface area contributed by atoms with Gasteiger partial charge in [0.1, 0.15) is 0 Å². The molecule has 20 heavy (non-hydrogen) atoms. The Morgan fingerprint density at radius 3 is 3.00 bits per heavy atom. The predicted molar refractivity (Wildman–Crippen MR) is 79.8 cm³/mol. The van der Waals surface area contributed by atoms with Crippen LogP contribution in [0.3, 0.4) is 0 Å². The zero-order valence-corrected chi connectivity index (χ0v) is 12.1. The Balaban J connectivity index is 1.84. The fourth-order valence-corrected chi connectivity index (χ4v) is 2.89. The number of benzene rings is 1. The number of ether oxygens (including phenoxy) is 1. The van der Waals surface area contributed by atoms with Gasteiger partial charge in [-0.05, 0) is 19.4 Å². The lowest BCUT2D eigenvalue weighted by Gasteiger charge is -2.12. The minimum absolute atomic E-state index is 0.0295. The molecular formula is C15H16N2O2S. The topological polar surface area (TPSA) is 51.2 Å². The van der Waals surface area contributed by atoms with Gasteiger partial charge in [-0.15, -0.1) is 11.3 Å². The van der Waals surface area contributed by atoms with E-state index in [1.165, 1.54) is 0 Å². The third kappa shape index (κ3) is 2.73. The number of aryl methyl sites for hydroxylation is 1. The highest BCUT2D eigenvalue weighted by molar-refractivity contribution is 7.09. The van der Waals surface area contributed by atoms with Gasteiger partial charge in [-0.1, -0.05) is 18.2 Å². The second kappa shape index (κ2) is 5.73. The first-order valence-corrected chi connectivity index (χ1v) is 7.52. The minimum Gasteiger partial charge on any atom is -0.381 e. The van der Waals surface area contributed by atoms with Crippen LogP contribution >= 0.6 is 11.3 Å². The van der Waals surface area contributed by atoms with Gasteiger partial charge in [-0.25, -0.2) is 4.98 Å². The Labute approximate surface area is 121 Å². The molecule has 1 aromatic carbocycles. The number of hydrogen-bond acceptors (Lipinski definition) is 4. The third-order valence-corrected chi connectivity index (χ3v) is 4.15. The number of carbonyl (C=O) groups is 1. The van der Waals surface area contributed by atoms with Crippen LogP contribution in [-0.2, 0) is 9.53 Å². The summed E-state index contributed by atoms with van der Waals surface area (Å²) >= 11 is 1.61. The summed E-state index contributed by atoms with van der Waals surface area (Å²) in [4.78, 5) is 16.7. The number of nitrogens with zero attached hydrogens (tertiary/aromatic N) is 1. The van der Waals surface area contributed by atoms with Crippen molar-refractivity contribution < 1.29 is 9.53 Å². The molecule has 0 bridgehead atoms. The van der Waals surface area contributed by atoms with E-state index in [0.29, 0.717) is 13.2 Å². The smallest absolute Gasteiger partial charge is 0.229 e. The molecule has 0 aliphatic carbocycles. The summed E-state index contributed by atoms with van der Waals surface area (Å²) in [5.74, 6) is -0.0119. The van der Waals surface area contributed by atoms with E-state index in [1.807, 2.05) is 36.6 Å². The average Bonchev–Trinajstić information content (AvgIpc) is 3.10. The molecule has 2 heterocycles. The normalized spacial score (nSPS) is 18.1. The van der Waals surface area contributed by atoms with Crippen molar-refractivity contribution in [3.63, 3.8) is 0 Å². The Morgan fingerprint density at radius 1 is 1.45 bits per heavy atom. The first kappa shape index (κ1) is 13.3. The van der Waals surface area contributed by atoms with Crippen LogP contribution in [0, 0.1) is 12.8 Å². The second-order valence-electron chi connectivity index (χ2n) is 4.85. The highest BCUT2D eigenvalue weighted by Gasteiger charge is 2.24. The number of hydrogen-bond donors (Lipinski definition) is 1. The summed E-state index contributed by atoms with van der Waals surface area (Å²) < 4.78 is 5.26. The van der Waals surface area contributed by atoms with Crippen molar-refractivity contribution in [2.45, 2.75) is 13.3 Å². The molecule has 1 aliphatic rings. The minimum atomic E-state index is -0.0415. The average molecular weight is 288 g/mol. The maximum atomic E-state index is 12.2. The summed E-state index contributed by atoms with van der Waals surface area (Å²) in [6, 6.07) is 7.77. The van der Waals surface area contributed by atoms with Crippen LogP contribution in [0.1, 0.15) is 11.4 Å². The maximum Gasteiger partial charge on any atom is 0.229 e. The van der Waals surface area contributed by atoms with Crippen molar-refractivity contribution in [1.82, 2.24) is 4.98 Å². The van der Waals surface area contributed by atoms with E-state index >= 15 is 0 Å². The summed E-state index contributed by atoms with van der Waals surface area (Å²) in [6.45, 7) is 3.17. The fraction of sp³-hybridized carbons (Fsp3) is 0.333. The van der Waals surface area contributed by atoms with Crippen molar-refractivity contribution in [2.24, 2.45) is 5.92 Å². The second-order valence-corrected chi connectivity index (χ2v) is 5.91. The molecule has 1 amide bonds. The molecule has 1 N–H and O–H groups in total. The van der Waals surface area contributed by atoms with E-state index in [0.717, 1.165) is 28.4 Å². The lowest BCUT2D eigenvalue weighted by atomic mass is 10.1. The van der Waals surface area contributed by atoms with E-state index in [1.54, 1.807) is 11.3 Å². The summed E-state index contributed by atoms with van der Waals surface area (Å²) in [5, 5.41) is 6.04. The summed E-state index contributed by atoms with van der Waals surface area (Å²) in [7, 11) is 0. The molecule has 4 nitrogen and oxygen atoms in total. The van der Waals surface area contributed by atoms with Crippen molar-refractivity contribution in [2.75, 3.05) is 18.5 Å². The van der Waals surface area contributed by atoms with Crippen LogP contribution in [0.2, 0.25) is 0 Å². The highest BCUT2D eigenvalue weighted by atomic mass is 32.1. The number of amides is 1. The van der Waals surface area contributed by atoms with E-state index in [2.05, 4.69) is 10.3 Å². The lowest BCUT2D eigenvalue weighted by Crippen LogP contribution is -2.23.